The fourth-order valence-electron chi connectivity index (χ4n) is 4.79. The van der Waals surface area contributed by atoms with Crippen LogP contribution in [0, 0.1) is 13.8 Å². The molecule has 0 bridgehead atoms. The molecule has 0 heterocycles. The minimum absolute atomic E-state index is 0.0956. The molecule has 5 heteroatoms. The van der Waals surface area contributed by atoms with Crippen LogP contribution in [-0.4, -0.2) is 35.4 Å². The lowest BCUT2D eigenvalue weighted by Gasteiger charge is -2.32. The van der Waals surface area contributed by atoms with Crippen LogP contribution in [0.15, 0.2) is 78.9 Å². The van der Waals surface area contributed by atoms with Crippen LogP contribution < -0.4 is 10.1 Å². The van der Waals surface area contributed by atoms with E-state index in [2.05, 4.69) is 5.32 Å². The molecule has 188 valence electrons. The zero-order valence-electron chi connectivity index (χ0n) is 21.3. The normalized spacial score (nSPS) is 14.3. The van der Waals surface area contributed by atoms with Crippen LogP contribution in [0.1, 0.15) is 47.9 Å². The molecule has 3 aromatic rings. The van der Waals surface area contributed by atoms with Gasteiger partial charge in [-0.1, -0.05) is 85.6 Å². The number of nitrogens with one attached hydrogen (secondary N) is 1. The summed E-state index contributed by atoms with van der Waals surface area (Å²) >= 11 is 0. The van der Waals surface area contributed by atoms with Crippen molar-refractivity contribution in [2.24, 2.45) is 0 Å². The van der Waals surface area contributed by atoms with Gasteiger partial charge >= 0.3 is 0 Å². The average Bonchev–Trinajstić information content (AvgIpc) is 3.40. The van der Waals surface area contributed by atoms with Crippen LogP contribution in [0.5, 0.6) is 5.75 Å². The average molecular weight is 485 g/mol. The molecule has 1 fully saturated rings. The van der Waals surface area contributed by atoms with E-state index in [0.717, 1.165) is 47.9 Å². The summed E-state index contributed by atoms with van der Waals surface area (Å²) in [6, 6.07) is 25.2. The highest BCUT2D eigenvalue weighted by molar-refractivity contribution is 5.88. The van der Waals surface area contributed by atoms with Gasteiger partial charge in [0.25, 0.3) is 5.91 Å². The summed E-state index contributed by atoms with van der Waals surface area (Å²) in [6.07, 6.45) is 4.69. The first kappa shape index (κ1) is 25.5. The molecular weight excluding hydrogens is 448 g/mol. The number of carbonyl (C=O) groups is 2. The highest BCUT2D eigenvalue weighted by atomic mass is 16.5. The second-order valence-corrected chi connectivity index (χ2v) is 9.76. The van der Waals surface area contributed by atoms with Gasteiger partial charge in [-0.3, -0.25) is 9.59 Å². The smallest absolute Gasteiger partial charge is 0.261 e. The van der Waals surface area contributed by atoms with Gasteiger partial charge in [-0.25, -0.2) is 0 Å². The van der Waals surface area contributed by atoms with E-state index in [1.165, 1.54) is 0 Å². The molecule has 0 aliphatic heterocycles. The lowest BCUT2D eigenvalue weighted by molar-refractivity contribution is -0.143. The third-order valence-electron chi connectivity index (χ3n) is 6.86. The van der Waals surface area contributed by atoms with E-state index in [-0.39, 0.29) is 24.5 Å². The van der Waals surface area contributed by atoms with Gasteiger partial charge in [0.2, 0.25) is 5.91 Å². The lowest BCUT2D eigenvalue weighted by atomic mass is 10.0. The van der Waals surface area contributed by atoms with E-state index in [1.807, 2.05) is 92.7 Å². The van der Waals surface area contributed by atoms with Crippen molar-refractivity contribution in [1.82, 2.24) is 10.2 Å². The summed E-state index contributed by atoms with van der Waals surface area (Å²) in [5.74, 6) is 0.391. The Hall–Kier alpha value is -3.60. The van der Waals surface area contributed by atoms with Gasteiger partial charge in [0.15, 0.2) is 6.61 Å². The summed E-state index contributed by atoms with van der Waals surface area (Å²) < 4.78 is 5.99. The third kappa shape index (κ3) is 6.97. The van der Waals surface area contributed by atoms with E-state index in [0.29, 0.717) is 18.7 Å². The van der Waals surface area contributed by atoms with Crippen molar-refractivity contribution in [2.75, 3.05) is 6.61 Å². The number of hydrogen-bond acceptors (Lipinski definition) is 3. The number of ether oxygens (including phenoxy) is 1. The number of rotatable bonds is 10. The van der Waals surface area contributed by atoms with E-state index < -0.39 is 6.04 Å². The van der Waals surface area contributed by atoms with Gasteiger partial charge in [-0.15, -0.1) is 0 Å². The molecule has 3 aromatic carbocycles. The molecule has 0 spiro atoms. The van der Waals surface area contributed by atoms with Crippen LogP contribution >= 0.6 is 0 Å². The maximum absolute atomic E-state index is 13.7. The molecule has 1 N–H and O–H groups in total. The van der Waals surface area contributed by atoms with Crippen molar-refractivity contribution >= 4 is 11.8 Å². The molecule has 0 saturated heterocycles. The summed E-state index contributed by atoms with van der Waals surface area (Å²) in [5.41, 5.74) is 4.04. The zero-order chi connectivity index (χ0) is 25.3. The first-order chi connectivity index (χ1) is 17.5. The fraction of sp³-hybridized carbons (Fsp3) is 0.355. The summed E-state index contributed by atoms with van der Waals surface area (Å²) in [6.45, 7) is 4.18. The predicted octanol–water partition coefficient (Wildman–Crippen LogP) is 5.38. The summed E-state index contributed by atoms with van der Waals surface area (Å²) in [4.78, 5) is 29.1. The lowest BCUT2D eigenvalue weighted by Crippen LogP contribution is -2.53. The standard InChI is InChI=1S/C31H36N2O3/c1-23-17-18-24(2)29(19-23)36-22-30(34)33(21-26-13-7-4-8-14-26)28(20-25-11-5-3-6-12-25)31(35)32-27-15-9-10-16-27/h3-8,11-14,17-19,27-28H,9-10,15-16,20-22H2,1-2H3,(H,32,35)/t28-/m0/s1. The Kier molecular flexibility index (Phi) is 8.77. The quantitative estimate of drug-likeness (QED) is 0.420. The highest BCUT2D eigenvalue weighted by Crippen LogP contribution is 2.22. The molecular formula is C31H36N2O3. The molecule has 1 aliphatic rings. The molecule has 1 atom stereocenters. The van der Waals surface area contributed by atoms with Gasteiger partial charge in [0.05, 0.1) is 0 Å². The highest BCUT2D eigenvalue weighted by Gasteiger charge is 2.32. The van der Waals surface area contributed by atoms with Crippen molar-refractivity contribution in [1.29, 1.82) is 0 Å². The van der Waals surface area contributed by atoms with E-state index >= 15 is 0 Å². The summed E-state index contributed by atoms with van der Waals surface area (Å²) in [5, 5.41) is 3.24. The Labute approximate surface area is 214 Å². The largest absolute Gasteiger partial charge is 0.483 e. The Morgan fingerprint density at radius 1 is 0.917 bits per heavy atom. The topological polar surface area (TPSA) is 58.6 Å². The first-order valence-electron chi connectivity index (χ1n) is 12.9. The van der Waals surface area contributed by atoms with Crippen LogP contribution in [0.2, 0.25) is 0 Å². The maximum atomic E-state index is 13.7. The fourth-order valence-corrected chi connectivity index (χ4v) is 4.79. The van der Waals surface area contributed by atoms with Crippen molar-refractivity contribution in [2.45, 2.75) is 64.6 Å². The van der Waals surface area contributed by atoms with Crippen LogP contribution in [-0.2, 0) is 22.6 Å². The van der Waals surface area contributed by atoms with E-state index in [4.69, 9.17) is 4.74 Å². The molecule has 0 aromatic heterocycles. The maximum Gasteiger partial charge on any atom is 0.261 e. The molecule has 36 heavy (non-hydrogen) atoms. The van der Waals surface area contributed by atoms with Crippen LogP contribution in [0.4, 0.5) is 0 Å². The van der Waals surface area contributed by atoms with E-state index in [1.54, 1.807) is 4.90 Å². The number of carbonyl (C=O) groups excluding carboxylic acids is 2. The Morgan fingerprint density at radius 3 is 2.22 bits per heavy atom. The Bertz CT molecular complexity index is 1140. The number of aryl methyl sites for hydroxylation is 2. The van der Waals surface area contributed by atoms with Crippen LogP contribution in [0.25, 0.3) is 0 Å². The summed E-state index contributed by atoms with van der Waals surface area (Å²) in [7, 11) is 0. The van der Waals surface area contributed by atoms with Crippen molar-refractivity contribution in [3.8, 4) is 5.75 Å². The van der Waals surface area contributed by atoms with Gasteiger partial charge in [-0.2, -0.15) is 0 Å². The molecule has 0 radical (unpaired) electrons. The number of amides is 2. The molecule has 0 unspecified atom stereocenters. The Morgan fingerprint density at radius 2 is 1.56 bits per heavy atom. The molecule has 1 aliphatic carbocycles. The number of nitrogens with zero attached hydrogens (tertiary/aromatic N) is 1. The number of benzene rings is 3. The van der Waals surface area contributed by atoms with E-state index in [9.17, 15) is 9.59 Å². The van der Waals surface area contributed by atoms with Gasteiger partial charge < -0.3 is 15.0 Å². The third-order valence-corrected chi connectivity index (χ3v) is 6.86. The second-order valence-electron chi connectivity index (χ2n) is 9.76. The molecule has 5 nitrogen and oxygen atoms in total. The first-order valence-corrected chi connectivity index (χ1v) is 12.9. The van der Waals surface area contributed by atoms with Gasteiger partial charge in [0, 0.05) is 19.0 Å². The molecule has 1 saturated carbocycles. The van der Waals surface area contributed by atoms with Gasteiger partial charge in [0.1, 0.15) is 11.8 Å². The Balaban J connectivity index is 1.60. The van der Waals surface area contributed by atoms with Gasteiger partial charge in [-0.05, 0) is 55.0 Å². The number of hydrogen-bond donors (Lipinski definition) is 1. The SMILES string of the molecule is Cc1ccc(C)c(OCC(=O)N(Cc2ccccc2)[C@@H](Cc2ccccc2)C(=O)NC2CCCC2)c1. The second kappa shape index (κ2) is 12.4. The minimum atomic E-state index is -0.636. The van der Waals surface area contributed by atoms with Crippen molar-refractivity contribution in [3.05, 3.63) is 101 Å². The molecule has 4 rings (SSSR count). The monoisotopic (exact) mass is 484 g/mol. The van der Waals surface area contributed by atoms with Crippen molar-refractivity contribution in [3.63, 3.8) is 0 Å². The van der Waals surface area contributed by atoms with Crippen molar-refractivity contribution < 1.29 is 14.3 Å². The van der Waals surface area contributed by atoms with Crippen LogP contribution in [0.3, 0.4) is 0 Å². The predicted molar refractivity (Wildman–Crippen MR) is 143 cm³/mol. The molecule has 2 amide bonds. The zero-order valence-corrected chi connectivity index (χ0v) is 21.3. The minimum Gasteiger partial charge on any atom is -0.483 e.